The second-order valence-corrected chi connectivity index (χ2v) is 10.5. The van der Waals surface area contributed by atoms with E-state index in [4.69, 9.17) is 4.74 Å². The van der Waals surface area contributed by atoms with E-state index in [-0.39, 0.29) is 36.9 Å². The summed E-state index contributed by atoms with van der Waals surface area (Å²) < 4.78 is 6.23. The highest BCUT2D eigenvalue weighted by molar-refractivity contribution is 6.14. The molecule has 0 bridgehead atoms. The second kappa shape index (κ2) is 10.5. The van der Waals surface area contributed by atoms with Crippen LogP contribution in [0.3, 0.4) is 0 Å². The van der Waals surface area contributed by atoms with E-state index in [2.05, 4.69) is 0 Å². The summed E-state index contributed by atoms with van der Waals surface area (Å²) in [7, 11) is 0. The highest BCUT2D eigenvalue weighted by Crippen LogP contribution is 2.38. The van der Waals surface area contributed by atoms with Crippen LogP contribution in [0.25, 0.3) is 0 Å². The van der Waals surface area contributed by atoms with E-state index >= 15 is 0 Å². The Labute approximate surface area is 211 Å². The minimum absolute atomic E-state index is 0.209. The Kier molecular flexibility index (Phi) is 7.59. The van der Waals surface area contributed by atoms with E-state index in [0.29, 0.717) is 38.6 Å². The molecule has 3 aliphatic rings. The van der Waals surface area contributed by atoms with Crippen LogP contribution in [0.1, 0.15) is 71.3 Å². The van der Waals surface area contributed by atoms with Gasteiger partial charge in [-0.2, -0.15) is 0 Å². The molecular formula is C27H35N3O6. The summed E-state index contributed by atoms with van der Waals surface area (Å²) in [6.07, 6.45) is 2.29. The molecule has 0 N–H and O–H groups in total. The minimum atomic E-state index is -0.984. The Bertz CT molecular complexity index is 1030. The zero-order chi connectivity index (χ0) is 26.0. The maximum Gasteiger partial charge on any atom is 0.333 e. The van der Waals surface area contributed by atoms with Crippen molar-refractivity contribution in [1.29, 1.82) is 0 Å². The van der Waals surface area contributed by atoms with Gasteiger partial charge in [-0.25, -0.2) is 4.79 Å². The topological polar surface area (TPSA) is 104 Å². The van der Waals surface area contributed by atoms with Gasteiger partial charge in [-0.05, 0) is 51.5 Å². The lowest BCUT2D eigenvalue weighted by molar-refractivity contribution is -0.148. The second-order valence-electron chi connectivity index (χ2n) is 10.5. The van der Waals surface area contributed by atoms with Crippen molar-refractivity contribution in [3.8, 4) is 0 Å². The van der Waals surface area contributed by atoms with Crippen LogP contribution in [0.15, 0.2) is 30.3 Å². The maximum atomic E-state index is 13.2. The minimum Gasteiger partial charge on any atom is -0.364 e. The molecule has 1 aromatic rings. The molecule has 2 aliphatic heterocycles. The Hall–Kier alpha value is -3.07. The average Bonchev–Trinajstić information content (AvgIpc) is 3.00. The Morgan fingerprint density at radius 2 is 1.58 bits per heavy atom. The standard InChI is InChI=1S/C27H35N3O6/c1-4-5-15-28-21(31)16-22(32)30(26(28)35)19-11-13-20(14-12-19)36-23-24(33)29(25(34)27(23,2)3)17-18-9-7-6-8-10-18/h6-10,19-20,23H,4-5,11-17H2,1-3H3. The van der Waals surface area contributed by atoms with Gasteiger partial charge in [-0.15, -0.1) is 0 Å². The number of hydrogen-bond acceptors (Lipinski definition) is 6. The molecule has 1 aliphatic carbocycles. The molecule has 0 radical (unpaired) electrons. The van der Waals surface area contributed by atoms with Gasteiger partial charge in [-0.1, -0.05) is 43.7 Å². The Morgan fingerprint density at radius 1 is 0.917 bits per heavy atom. The molecule has 6 amide bonds. The lowest BCUT2D eigenvalue weighted by Crippen LogP contribution is -2.59. The van der Waals surface area contributed by atoms with Crippen LogP contribution >= 0.6 is 0 Å². The van der Waals surface area contributed by atoms with Crippen molar-refractivity contribution in [3.05, 3.63) is 35.9 Å². The van der Waals surface area contributed by atoms with Gasteiger partial charge >= 0.3 is 6.03 Å². The third kappa shape index (κ3) is 4.93. The number of carbonyl (C=O) groups excluding carboxylic acids is 5. The first kappa shape index (κ1) is 26.0. The molecule has 9 heteroatoms. The van der Waals surface area contributed by atoms with Crippen LogP contribution in [0.2, 0.25) is 0 Å². The number of hydrogen-bond donors (Lipinski definition) is 0. The normalized spacial score (nSPS) is 26.8. The molecule has 3 fully saturated rings. The van der Waals surface area contributed by atoms with Crippen molar-refractivity contribution in [3.63, 3.8) is 0 Å². The largest absolute Gasteiger partial charge is 0.364 e. The van der Waals surface area contributed by atoms with E-state index in [1.807, 2.05) is 37.3 Å². The fraction of sp³-hybridized carbons (Fsp3) is 0.593. The van der Waals surface area contributed by atoms with Crippen molar-refractivity contribution < 1.29 is 28.7 Å². The lowest BCUT2D eigenvalue weighted by atomic mass is 9.87. The van der Waals surface area contributed by atoms with Crippen LogP contribution < -0.4 is 0 Å². The van der Waals surface area contributed by atoms with Crippen LogP contribution in [-0.2, 0) is 30.5 Å². The number of rotatable bonds is 8. The number of unbranched alkanes of at least 4 members (excludes halogenated alkanes) is 1. The molecule has 2 saturated heterocycles. The molecule has 1 unspecified atom stereocenters. The highest BCUT2D eigenvalue weighted by Gasteiger charge is 2.55. The summed E-state index contributed by atoms with van der Waals surface area (Å²) >= 11 is 0. The molecule has 1 aromatic carbocycles. The van der Waals surface area contributed by atoms with E-state index in [1.165, 1.54) is 14.7 Å². The molecule has 2 heterocycles. The highest BCUT2D eigenvalue weighted by atomic mass is 16.5. The zero-order valence-corrected chi connectivity index (χ0v) is 21.3. The fourth-order valence-electron chi connectivity index (χ4n) is 5.34. The number of ether oxygens (including phenoxy) is 1. The first-order valence-corrected chi connectivity index (χ1v) is 12.9. The number of barbiturate groups is 1. The molecule has 0 spiro atoms. The first-order valence-electron chi connectivity index (χ1n) is 12.9. The number of nitrogens with zero attached hydrogens (tertiary/aromatic N) is 3. The van der Waals surface area contributed by atoms with Crippen molar-refractivity contribution in [2.45, 2.75) is 90.5 Å². The van der Waals surface area contributed by atoms with Crippen molar-refractivity contribution in [1.82, 2.24) is 14.7 Å². The summed E-state index contributed by atoms with van der Waals surface area (Å²) in [6, 6.07) is 8.55. The number of imide groups is 3. The molecule has 1 saturated carbocycles. The first-order chi connectivity index (χ1) is 17.1. The van der Waals surface area contributed by atoms with Gasteiger partial charge in [0.1, 0.15) is 6.42 Å². The van der Waals surface area contributed by atoms with Crippen molar-refractivity contribution in [2.75, 3.05) is 6.54 Å². The number of amides is 6. The van der Waals surface area contributed by atoms with E-state index < -0.39 is 29.4 Å². The lowest BCUT2D eigenvalue weighted by Gasteiger charge is -2.40. The average molecular weight is 498 g/mol. The van der Waals surface area contributed by atoms with Crippen LogP contribution in [0, 0.1) is 5.41 Å². The summed E-state index contributed by atoms with van der Waals surface area (Å²) in [5, 5.41) is 0. The predicted molar refractivity (Wildman–Crippen MR) is 130 cm³/mol. The molecular weight excluding hydrogens is 462 g/mol. The molecule has 0 aromatic heterocycles. The zero-order valence-electron chi connectivity index (χ0n) is 21.3. The number of benzene rings is 1. The molecule has 1 atom stereocenters. The van der Waals surface area contributed by atoms with Crippen LogP contribution in [0.5, 0.6) is 0 Å². The third-order valence-electron chi connectivity index (χ3n) is 7.51. The van der Waals surface area contributed by atoms with Gasteiger partial charge in [0, 0.05) is 12.6 Å². The maximum absolute atomic E-state index is 13.2. The number of carbonyl (C=O) groups is 5. The number of urea groups is 1. The molecule has 9 nitrogen and oxygen atoms in total. The third-order valence-corrected chi connectivity index (χ3v) is 7.51. The van der Waals surface area contributed by atoms with Gasteiger partial charge < -0.3 is 4.74 Å². The number of likely N-dealkylation sites (tertiary alicyclic amines) is 1. The monoisotopic (exact) mass is 497 g/mol. The van der Waals surface area contributed by atoms with Gasteiger partial charge in [-0.3, -0.25) is 33.9 Å². The van der Waals surface area contributed by atoms with Crippen molar-refractivity contribution in [2.24, 2.45) is 5.41 Å². The SMILES string of the molecule is CCCCN1C(=O)CC(=O)N(C2CCC(OC3C(=O)N(Cc4ccccc4)C(=O)C3(C)C)CC2)C1=O. The summed E-state index contributed by atoms with van der Waals surface area (Å²) in [5.41, 5.74) is -0.111. The fourth-order valence-corrected chi connectivity index (χ4v) is 5.34. The van der Waals surface area contributed by atoms with E-state index in [9.17, 15) is 24.0 Å². The predicted octanol–water partition coefficient (Wildman–Crippen LogP) is 3.26. The molecule has 36 heavy (non-hydrogen) atoms. The smallest absolute Gasteiger partial charge is 0.333 e. The van der Waals surface area contributed by atoms with Gasteiger partial charge in [0.05, 0.1) is 18.1 Å². The van der Waals surface area contributed by atoms with Gasteiger partial charge in [0.25, 0.3) is 5.91 Å². The van der Waals surface area contributed by atoms with Crippen LogP contribution in [0.4, 0.5) is 4.79 Å². The van der Waals surface area contributed by atoms with Crippen LogP contribution in [-0.4, -0.2) is 69.2 Å². The van der Waals surface area contributed by atoms with E-state index in [1.54, 1.807) is 13.8 Å². The summed E-state index contributed by atoms with van der Waals surface area (Å²) in [5.74, 6) is -1.46. The Balaban J connectivity index is 1.38. The summed E-state index contributed by atoms with van der Waals surface area (Å²) in [6.45, 7) is 5.99. The van der Waals surface area contributed by atoms with Gasteiger partial charge in [0.2, 0.25) is 17.7 Å². The van der Waals surface area contributed by atoms with Gasteiger partial charge in [0.15, 0.2) is 6.10 Å². The van der Waals surface area contributed by atoms with E-state index in [0.717, 1.165) is 12.0 Å². The molecule has 194 valence electrons. The Morgan fingerprint density at radius 3 is 2.22 bits per heavy atom. The molecule has 4 rings (SSSR count). The van der Waals surface area contributed by atoms with Crippen molar-refractivity contribution >= 4 is 29.7 Å². The summed E-state index contributed by atoms with van der Waals surface area (Å²) in [4.78, 5) is 67.8. The quantitative estimate of drug-likeness (QED) is 0.403.